The molecule has 1 aliphatic rings. The average Bonchev–Trinajstić information content (AvgIpc) is 2.34. The zero-order chi connectivity index (χ0) is 9.56. The molecule has 12 heavy (non-hydrogen) atoms. The molecule has 0 unspecified atom stereocenters. The van der Waals surface area contributed by atoms with Crippen LogP contribution in [0.4, 0.5) is 0 Å². The van der Waals surface area contributed by atoms with Crippen molar-refractivity contribution in [3.05, 3.63) is 35.6 Å². The molecule has 0 saturated heterocycles. The van der Waals surface area contributed by atoms with Crippen LogP contribution >= 0.6 is 0 Å². The number of carboxylic acid groups (broad SMARTS) is 1. The summed E-state index contributed by atoms with van der Waals surface area (Å²) in [4.78, 5) is 9.00. The summed E-state index contributed by atoms with van der Waals surface area (Å²) in [6.45, 7) is 2.76. The van der Waals surface area contributed by atoms with Crippen molar-refractivity contribution in [2.24, 2.45) is 0 Å². The van der Waals surface area contributed by atoms with Crippen molar-refractivity contribution in [3.63, 3.8) is 0 Å². The summed E-state index contributed by atoms with van der Waals surface area (Å²) in [7, 11) is 0. The van der Waals surface area contributed by atoms with Crippen molar-refractivity contribution in [1.82, 2.24) is 0 Å². The first-order valence-electron chi connectivity index (χ1n) is 3.48. The van der Waals surface area contributed by atoms with Gasteiger partial charge in [0.15, 0.2) is 0 Å². The second-order valence-corrected chi connectivity index (χ2v) is 2.28. The molecule has 0 aromatic heterocycles. The first-order valence-corrected chi connectivity index (χ1v) is 3.48. The fourth-order valence-electron chi connectivity index (χ4n) is 0.615. The highest BCUT2D eigenvalue weighted by Crippen LogP contribution is 2.09. The molecule has 0 aromatic carbocycles. The van der Waals surface area contributed by atoms with E-state index in [1.54, 1.807) is 6.92 Å². The van der Waals surface area contributed by atoms with E-state index < -0.39 is 5.97 Å². The van der Waals surface area contributed by atoms with Gasteiger partial charge in [-0.2, -0.15) is 0 Å². The van der Waals surface area contributed by atoms with Gasteiger partial charge in [0.2, 0.25) is 0 Å². The van der Waals surface area contributed by atoms with Gasteiger partial charge in [0, 0.05) is 12.5 Å². The predicted octanol–water partition coefficient (Wildman–Crippen LogP) is 2.04. The first kappa shape index (κ1) is 10.5. The molecule has 0 saturated carbocycles. The highest BCUT2D eigenvalue weighted by atomic mass is 16.4. The lowest BCUT2D eigenvalue weighted by atomic mass is 10.3. The monoisotopic (exact) mass is 168 g/mol. The third-order valence-corrected chi connectivity index (χ3v) is 1.08. The Balaban J connectivity index is 0.000000261. The minimum absolute atomic E-state index is 0.384. The summed E-state index contributed by atoms with van der Waals surface area (Å²) in [5.41, 5.74) is 0.907. The summed E-state index contributed by atoms with van der Waals surface area (Å²) in [5.74, 6) is -0.449. The van der Waals surface area contributed by atoms with Crippen LogP contribution in [0.1, 0.15) is 13.8 Å². The number of aliphatic carboxylic acids is 1. The first-order chi connectivity index (χ1) is 5.54. The van der Waals surface area contributed by atoms with Crippen molar-refractivity contribution in [2.45, 2.75) is 13.8 Å². The van der Waals surface area contributed by atoms with Crippen molar-refractivity contribution < 1.29 is 15.0 Å². The summed E-state index contributed by atoms with van der Waals surface area (Å²) in [6, 6.07) is 0. The number of hydrogen-bond acceptors (Lipinski definition) is 2. The number of carbonyl (C=O) groups is 1. The van der Waals surface area contributed by atoms with Crippen LogP contribution in [0.2, 0.25) is 0 Å². The third kappa shape index (κ3) is 5.29. The van der Waals surface area contributed by atoms with Crippen molar-refractivity contribution >= 4 is 5.97 Å². The topological polar surface area (TPSA) is 57.5 Å². The molecular weight excluding hydrogens is 156 g/mol. The molecule has 66 valence electrons. The van der Waals surface area contributed by atoms with Gasteiger partial charge in [-0.25, -0.2) is 0 Å². The van der Waals surface area contributed by atoms with Gasteiger partial charge in [-0.15, -0.1) is 0 Å². The number of carboxylic acids is 1. The number of hydrogen-bond donors (Lipinski definition) is 2. The predicted molar refractivity (Wildman–Crippen MR) is 46.9 cm³/mol. The van der Waals surface area contributed by atoms with Crippen LogP contribution in [0.5, 0.6) is 0 Å². The van der Waals surface area contributed by atoms with E-state index in [9.17, 15) is 0 Å². The third-order valence-electron chi connectivity index (χ3n) is 1.08. The van der Waals surface area contributed by atoms with Gasteiger partial charge in [0.25, 0.3) is 5.97 Å². The summed E-state index contributed by atoms with van der Waals surface area (Å²) >= 11 is 0. The Morgan fingerprint density at radius 3 is 1.67 bits per heavy atom. The molecule has 0 heterocycles. The lowest BCUT2D eigenvalue weighted by molar-refractivity contribution is -0.134. The summed E-state index contributed by atoms with van der Waals surface area (Å²) in [6.07, 6.45) is 7.54. The molecule has 0 radical (unpaired) electrons. The normalized spacial score (nSPS) is 12.3. The van der Waals surface area contributed by atoms with Gasteiger partial charge in [-0.1, -0.05) is 24.3 Å². The Labute approximate surface area is 71.3 Å². The fourth-order valence-corrected chi connectivity index (χ4v) is 0.615. The van der Waals surface area contributed by atoms with Crippen LogP contribution in [0, 0.1) is 0 Å². The standard InChI is InChI=1S/C7H8O.C2H4O2/c1-6(8)7-4-2-3-5-7;1-2(3)4/h2-5,8H,1H3;1H3,(H,3,4). The van der Waals surface area contributed by atoms with E-state index in [0.29, 0.717) is 5.76 Å². The highest BCUT2D eigenvalue weighted by Gasteiger charge is 1.93. The molecule has 0 aliphatic heterocycles. The number of aliphatic hydroxyl groups is 1. The zero-order valence-corrected chi connectivity index (χ0v) is 7.11. The molecule has 0 amide bonds. The molecule has 1 rings (SSSR count). The maximum Gasteiger partial charge on any atom is 0.300 e. The van der Waals surface area contributed by atoms with Crippen molar-refractivity contribution in [3.8, 4) is 0 Å². The quantitative estimate of drug-likeness (QED) is 0.544. The van der Waals surface area contributed by atoms with Gasteiger partial charge >= 0.3 is 0 Å². The number of rotatable bonds is 0. The lowest BCUT2D eigenvalue weighted by Gasteiger charge is -1.89. The summed E-state index contributed by atoms with van der Waals surface area (Å²) in [5, 5.41) is 16.2. The van der Waals surface area contributed by atoms with Gasteiger partial charge < -0.3 is 10.2 Å². The minimum atomic E-state index is -0.833. The van der Waals surface area contributed by atoms with E-state index in [1.165, 1.54) is 0 Å². The number of aliphatic hydroxyl groups excluding tert-OH is 1. The SMILES string of the molecule is CC(=O)O.CC(O)=C1C=CC=C1. The van der Waals surface area contributed by atoms with Crippen LogP contribution < -0.4 is 0 Å². The number of allylic oxidation sites excluding steroid dienone is 6. The van der Waals surface area contributed by atoms with Gasteiger partial charge in [0.05, 0.1) is 5.76 Å². The minimum Gasteiger partial charge on any atom is -0.512 e. The maximum atomic E-state index is 9.00. The van der Waals surface area contributed by atoms with Crippen LogP contribution in [0.15, 0.2) is 35.6 Å². The molecule has 2 N–H and O–H groups in total. The van der Waals surface area contributed by atoms with Crippen molar-refractivity contribution in [2.75, 3.05) is 0 Å². The van der Waals surface area contributed by atoms with E-state index in [4.69, 9.17) is 15.0 Å². The second kappa shape index (κ2) is 5.18. The Morgan fingerprint density at radius 1 is 1.17 bits per heavy atom. The van der Waals surface area contributed by atoms with Gasteiger partial charge in [0.1, 0.15) is 0 Å². The molecule has 3 nitrogen and oxygen atoms in total. The van der Waals surface area contributed by atoms with E-state index in [-0.39, 0.29) is 0 Å². The molecule has 0 fully saturated rings. The molecule has 0 spiro atoms. The van der Waals surface area contributed by atoms with Crippen molar-refractivity contribution in [1.29, 1.82) is 0 Å². The molecule has 0 atom stereocenters. The van der Waals surface area contributed by atoms with Gasteiger partial charge in [-0.3, -0.25) is 4.79 Å². The fraction of sp³-hybridized carbons (Fsp3) is 0.222. The Morgan fingerprint density at radius 2 is 1.50 bits per heavy atom. The van der Waals surface area contributed by atoms with Crippen LogP contribution in [0.3, 0.4) is 0 Å². The van der Waals surface area contributed by atoms with E-state index in [2.05, 4.69) is 0 Å². The molecule has 0 bridgehead atoms. The largest absolute Gasteiger partial charge is 0.512 e. The van der Waals surface area contributed by atoms with Crippen LogP contribution in [-0.4, -0.2) is 16.2 Å². The van der Waals surface area contributed by atoms with E-state index in [0.717, 1.165) is 12.5 Å². The van der Waals surface area contributed by atoms with Gasteiger partial charge in [-0.05, 0) is 6.92 Å². The van der Waals surface area contributed by atoms with Crippen LogP contribution in [-0.2, 0) is 4.79 Å². The molecule has 1 aliphatic carbocycles. The Hall–Kier alpha value is -1.51. The average molecular weight is 168 g/mol. The molecular formula is C9H12O3. The van der Waals surface area contributed by atoms with Crippen LogP contribution in [0.25, 0.3) is 0 Å². The van der Waals surface area contributed by atoms with E-state index >= 15 is 0 Å². The summed E-state index contributed by atoms with van der Waals surface area (Å²) < 4.78 is 0. The maximum absolute atomic E-state index is 9.00. The molecule has 3 heteroatoms. The Kier molecular flexibility index (Phi) is 4.53. The van der Waals surface area contributed by atoms with E-state index in [1.807, 2.05) is 24.3 Å². The second-order valence-electron chi connectivity index (χ2n) is 2.28. The lowest BCUT2D eigenvalue weighted by Crippen LogP contribution is -1.78. The smallest absolute Gasteiger partial charge is 0.300 e. The Bertz CT molecular complexity index is 224. The zero-order valence-electron chi connectivity index (χ0n) is 7.11. The highest BCUT2D eigenvalue weighted by molar-refractivity contribution is 5.62. The molecule has 0 aromatic rings.